The van der Waals surface area contributed by atoms with Crippen molar-refractivity contribution in [3.05, 3.63) is 23.7 Å². The standard InChI is InChI=1S/C13H23BO2/c1-11(2)9-7-8-10-14-15-12(3,4)13(5,6)16-14/h8-10H,7H2,1-6H3/b10-8+. The fourth-order valence-electron chi connectivity index (χ4n) is 1.46. The van der Waals surface area contributed by atoms with Crippen molar-refractivity contribution in [2.24, 2.45) is 0 Å². The molecule has 1 aliphatic rings. The van der Waals surface area contributed by atoms with E-state index in [-0.39, 0.29) is 18.3 Å². The first-order valence-electron chi connectivity index (χ1n) is 5.90. The second kappa shape index (κ2) is 4.76. The third-order valence-corrected chi connectivity index (χ3v) is 3.23. The minimum atomic E-state index is -0.238. The summed E-state index contributed by atoms with van der Waals surface area (Å²) in [4.78, 5) is 0. The van der Waals surface area contributed by atoms with E-state index in [1.165, 1.54) is 5.57 Å². The Kier molecular flexibility index (Phi) is 4.03. The van der Waals surface area contributed by atoms with Gasteiger partial charge in [-0.25, -0.2) is 0 Å². The molecule has 1 heterocycles. The molecule has 2 nitrogen and oxygen atoms in total. The molecule has 3 heteroatoms. The van der Waals surface area contributed by atoms with E-state index in [1.54, 1.807) is 0 Å². The lowest BCUT2D eigenvalue weighted by atomic mass is 9.89. The molecule has 0 aromatic carbocycles. The minimum Gasteiger partial charge on any atom is -0.400 e. The highest BCUT2D eigenvalue weighted by Crippen LogP contribution is 2.36. The number of allylic oxidation sites excluding steroid dienone is 3. The molecule has 1 fully saturated rings. The molecule has 1 rings (SSSR count). The zero-order valence-electron chi connectivity index (χ0n) is 11.3. The average Bonchev–Trinajstić information content (AvgIpc) is 2.29. The van der Waals surface area contributed by atoms with Crippen molar-refractivity contribution < 1.29 is 9.31 Å². The minimum absolute atomic E-state index is 0.212. The molecule has 0 spiro atoms. The van der Waals surface area contributed by atoms with Crippen LogP contribution < -0.4 is 0 Å². The van der Waals surface area contributed by atoms with Gasteiger partial charge >= 0.3 is 7.12 Å². The molecular formula is C13H23BO2. The van der Waals surface area contributed by atoms with Gasteiger partial charge in [-0.15, -0.1) is 0 Å². The predicted octanol–water partition coefficient (Wildman–Crippen LogP) is 3.53. The highest BCUT2D eigenvalue weighted by atomic mass is 16.7. The highest BCUT2D eigenvalue weighted by Gasteiger charge is 2.49. The van der Waals surface area contributed by atoms with Crippen LogP contribution in [-0.4, -0.2) is 18.3 Å². The van der Waals surface area contributed by atoms with Crippen molar-refractivity contribution in [1.82, 2.24) is 0 Å². The van der Waals surface area contributed by atoms with E-state index >= 15 is 0 Å². The highest BCUT2D eigenvalue weighted by molar-refractivity contribution is 6.51. The van der Waals surface area contributed by atoms with E-state index in [2.05, 4.69) is 53.7 Å². The van der Waals surface area contributed by atoms with Crippen molar-refractivity contribution in [2.45, 2.75) is 59.2 Å². The second-order valence-corrected chi connectivity index (χ2v) is 5.57. The van der Waals surface area contributed by atoms with Gasteiger partial charge in [0.25, 0.3) is 0 Å². The van der Waals surface area contributed by atoms with Gasteiger partial charge in [-0.05, 0) is 48.0 Å². The summed E-state index contributed by atoms with van der Waals surface area (Å²) in [5.74, 6) is 2.00. The Bertz CT molecular complexity index is 283. The van der Waals surface area contributed by atoms with Gasteiger partial charge in [0.1, 0.15) is 0 Å². The van der Waals surface area contributed by atoms with Gasteiger partial charge in [-0.2, -0.15) is 0 Å². The van der Waals surface area contributed by atoms with E-state index in [9.17, 15) is 0 Å². The van der Waals surface area contributed by atoms with E-state index in [0.717, 1.165) is 6.42 Å². The van der Waals surface area contributed by atoms with Crippen LogP contribution in [0.2, 0.25) is 0 Å². The molecule has 0 aliphatic carbocycles. The summed E-state index contributed by atoms with van der Waals surface area (Å²) in [5, 5.41) is 0. The largest absolute Gasteiger partial charge is 0.486 e. The molecule has 0 aromatic rings. The molecule has 0 bridgehead atoms. The van der Waals surface area contributed by atoms with E-state index in [4.69, 9.17) is 9.31 Å². The molecule has 0 amide bonds. The zero-order valence-corrected chi connectivity index (χ0v) is 11.3. The van der Waals surface area contributed by atoms with Gasteiger partial charge in [0.05, 0.1) is 11.2 Å². The van der Waals surface area contributed by atoms with Crippen molar-refractivity contribution >= 4 is 7.12 Å². The maximum atomic E-state index is 5.84. The molecular weight excluding hydrogens is 199 g/mol. The summed E-state index contributed by atoms with van der Waals surface area (Å²) in [6.45, 7) is 12.5. The van der Waals surface area contributed by atoms with Gasteiger partial charge in [0, 0.05) is 0 Å². The van der Waals surface area contributed by atoms with Gasteiger partial charge in [-0.3, -0.25) is 0 Å². The van der Waals surface area contributed by atoms with Crippen LogP contribution in [0, 0.1) is 0 Å². The third kappa shape index (κ3) is 3.23. The molecule has 90 valence electrons. The van der Waals surface area contributed by atoms with Crippen LogP contribution in [0.25, 0.3) is 0 Å². The molecule has 0 N–H and O–H groups in total. The van der Waals surface area contributed by atoms with Crippen molar-refractivity contribution in [2.75, 3.05) is 0 Å². The van der Waals surface area contributed by atoms with E-state index < -0.39 is 0 Å². The van der Waals surface area contributed by atoms with Gasteiger partial charge in [-0.1, -0.05) is 23.7 Å². The topological polar surface area (TPSA) is 18.5 Å². The average molecular weight is 222 g/mol. The maximum Gasteiger partial charge on any atom is 0.486 e. The Balaban J connectivity index is 2.51. The van der Waals surface area contributed by atoms with Crippen LogP contribution in [0.4, 0.5) is 0 Å². The Morgan fingerprint density at radius 3 is 2.00 bits per heavy atom. The normalized spacial score (nSPS) is 22.8. The molecule has 0 unspecified atom stereocenters. The summed E-state index contributed by atoms with van der Waals surface area (Å²) in [7, 11) is -0.212. The lowest BCUT2D eigenvalue weighted by Gasteiger charge is -2.32. The van der Waals surface area contributed by atoms with Crippen LogP contribution in [0.3, 0.4) is 0 Å². The van der Waals surface area contributed by atoms with Crippen LogP contribution in [-0.2, 0) is 9.31 Å². The molecule has 1 aliphatic heterocycles. The summed E-state index contributed by atoms with van der Waals surface area (Å²) >= 11 is 0. The van der Waals surface area contributed by atoms with Crippen LogP contribution in [0.15, 0.2) is 23.7 Å². The Labute approximate surface area is 99.9 Å². The molecule has 1 saturated heterocycles. The summed E-state index contributed by atoms with van der Waals surface area (Å²) in [6.07, 6.45) is 5.21. The van der Waals surface area contributed by atoms with Gasteiger partial charge in [0.15, 0.2) is 0 Å². The lowest BCUT2D eigenvalue weighted by Crippen LogP contribution is -2.41. The van der Waals surface area contributed by atoms with Crippen molar-refractivity contribution in [1.29, 1.82) is 0 Å². The summed E-state index contributed by atoms with van der Waals surface area (Å²) in [5.41, 5.74) is 0.857. The SMILES string of the molecule is CC(C)=CC/C=C/B1OC(C)(C)C(C)(C)O1. The lowest BCUT2D eigenvalue weighted by molar-refractivity contribution is 0.00578. The first-order valence-corrected chi connectivity index (χ1v) is 5.90. The summed E-state index contributed by atoms with van der Waals surface area (Å²) in [6, 6.07) is 0. The first kappa shape index (κ1) is 13.5. The first-order chi connectivity index (χ1) is 7.24. The number of rotatable bonds is 3. The number of hydrogen-bond donors (Lipinski definition) is 0. The van der Waals surface area contributed by atoms with Crippen molar-refractivity contribution in [3.63, 3.8) is 0 Å². The van der Waals surface area contributed by atoms with Crippen LogP contribution >= 0.6 is 0 Å². The monoisotopic (exact) mass is 222 g/mol. The predicted molar refractivity (Wildman–Crippen MR) is 69.3 cm³/mol. The molecule has 0 saturated carbocycles. The Morgan fingerprint density at radius 1 is 1.06 bits per heavy atom. The Hall–Kier alpha value is -0.535. The molecule has 0 atom stereocenters. The fourth-order valence-corrected chi connectivity index (χ4v) is 1.46. The van der Waals surface area contributed by atoms with E-state index in [1.807, 2.05) is 5.98 Å². The number of hydrogen-bond acceptors (Lipinski definition) is 2. The maximum absolute atomic E-state index is 5.84. The fraction of sp³-hybridized carbons (Fsp3) is 0.692. The van der Waals surface area contributed by atoms with Gasteiger partial charge in [0.2, 0.25) is 0 Å². The molecule has 0 aromatic heterocycles. The zero-order chi connectivity index (χ0) is 12.4. The smallest absolute Gasteiger partial charge is 0.400 e. The Morgan fingerprint density at radius 2 is 1.56 bits per heavy atom. The second-order valence-electron chi connectivity index (χ2n) is 5.57. The van der Waals surface area contributed by atoms with Crippen molar-refractivity contribution in [3.8, 4) is 0 Å². The van der Waals surface area contributed by atoms with Crippen LogP contribution in [0.5, 0.6) is 0 Å². The molecule has 16 heavy (non-hydrogen) atoms. The third-order valence-electron chi connectivity index (χ3n) is 3.23. The van der Waals surface area contributed by atoms with E-state index in [0.29, 0.717) is 0 Å². The van der Waals surface area contributed by atoms with Gasteiger partial charge < -0.3 is 9.31 Å². The molecule has 0 radical (unpaired) electrons. The quantitative estimate of drug-likeness (QED) is 0.537. The summed E-state index contributed by atoms with van der Waals surface area (Å²) < 4.78 is 11.7. The van der Waals surface area contributed by atoms with Crippen LogP contribution in [0.1, 0.15) is 48.0 Å².